The zero-order chi connectivity index (χ0) is 14.4. The number of ether oxygens (including phenoxy) is 1. The van der Waals surface area contributed by atoms with Gasteiger partial charge in [0.05, 0.1) is 6.61 Å². The molecule has 0 radical (unpaired) electrons. The van der Waals surface area contributed by atoms with Crippen molar-refractivity contribution in [2.24, 2.45) is 0 Å². The first-order chi connectivity index (χ1) is 9.76. The number of rotatable bonds is 4. The van der Waals surface area contributed by atoms with Gasteiger partial charge in [-0.3, -0.25) is 4.79 Å². The van der Waals surface area contributed by atoms with Gasteiger partial charge in [0.2, 0.25) is 0 Å². The van der Waals surface area contributed by atoms with E-state index in [2.05, 4.69) is 10.3 Å². The average Bonchev–Trinajstić information content (AvgIpc) is 2.49. The number of carbonyl (C=O) groups is 1. The second-order valence-corrected chi connectivity index (χ2v) is 3.90. The van der Waals surface area contributed by atoms with Gasteiger partial charge in [0.1, 0.15) is 17.4 Å². The number of benzene rings is 1. The van der Waals surface area contributed by atoms with E-state index >= 15 is 0 Å². The Morgan fingerprint density at radius 1 is 1.35 bits per heavy atom. The lowest BCUT2D eigenvalue weighted by molar-refractivity contribution is 0.102. The number of hydrogen-bond acceptors (Lipinski definition) is 4. The van der Waals surface area contributed by atoms with Gasteiger partial charge in [-0.25, -0.2) is 4.98 Å². The van der Waals surface area contributed by atoms with Gasteiger partial charge in [-0.15, -0.1) is 0 Å². The molecule has 0 saturated heterocycles. The highest BCUT2D eigenvalue weighted by Gasteiger charge is 2.14. The van der Waals surface area contributed by atoms with Crippen LogP contribution < -0.4 is 10.1 Å². The quantitative estimate of drug-likeness (QED) is 0.923. The highest BCUT2D eigenvalue weighted by Crippen LogP contribution is 2.23. The van der Waals surface area contributed by atoms with E-state index in [-0.39, 0.29) is 17.3 Å². The molecule has 0 spiro atoms. The summed E-state index contributed by atoms with van der Waals surface area (Å²) >= 11 is 0. The van der Waals surface area contributed by atoms with Crippen molar-refractivity contribution in [1.29, 1.82) is 5.26 Å². The van der Waals surface area contributed by atoms with Crippen LogP contribution in [0.25, 0.3) is 0 Å². The van der Waals surface area contributed by atoms with E-state index in [1.807, 2.05) is 19.1 Å². The highest BCUT2D eigenvalue weighted by atomic mass is 16.5. The summed E-state index contributed by atoms with van der Waals surface area (Å²) in [6, 6.07) is 12.3. The van der Waals surface area contributed by atoms with Crippen molar-refractivity contribution < 1.29 is 9.53 Å². The molecule has 20 heavy (non-hydrogen) atoms. The summed E-state index contributed by atoms with van der Waals surface area (Å²) in [5.41, 5.74) is 0.721. The minimum absolute atomic E-state index is 0.201. The molecule has 0 aliphatic rings. The van der Waals surface area contributed by atoms with E-state index in [9.17, 15) is 10.1 Å². The number of pyridine rings is 1. The van der Waals surface area contributed by atoms with Gasteiger partial charge in [-0.1, -0.05) is 18.2 Å². The predicted molar refractivity (Wildman–Crippen MR) is 74.5 cm³/mol. The monoisotopic (exact) mass is 267 g/mol. The maximum absolute atomic E-state index is 12.1. The van der Waals surface area contributed by atoms with Crippen LogP contribution >= 0.6 is 0 Å². The molecule has 0 aliphatic heterocycles. The number of anilines is 1. The number of nitrogens with zero attached hydrogens (tertiary/aromatic N) is 2. The molecule has 100 valence electrons. The molecule has 1 aromatic carbocycles. The summed E-state index contributed by atoms with van der Waals surface area (Å²) in [4.78, 5) is 16.1. The third-order valence-electron chi connectivity index (χ3n) is 2.59. The van der Waals surface area contributed by atoms with Crippen LogP contribution in [0.15, 0.2) is 42.6 Å². The normalized spacial score (nSPS) is 9.60. The number of amides is 1. The lowest BCUT2D eigenvalue weighted by atomic mass is 10.2. The number of nitriles is 1. The van der Waals surface area contributed by atoms with E-state index in [0.717, 1.165) is 0 Å². The Kier molecular flexibility index (Phi) is 4.30. The molecule has 0 bridgehead atoms. The molecule has 0 saturated carbocycles. The van der Waals surface area contributed by atoms with Crippen LogP contribution in [0, 0.1) is 11.3 Å². The summed E-state index contributed by atoms with van der Waals surface area (Å²) in [7, 11) is 0. The third kappa shape index (κ3) is 2.93. The van der Waals surface area contributed by atoms with Crippen LogP contribution in [0.5, 0.6) is 5.75 Å². The summed E-state index contributed by atoms with van der Waals surface area (Å²) in [6.07, 6.45) is 1.49. The molecule has 2 aromatic rings. The Labute approximate surface area is 116 Å². The van der Waals surface area contributed by atoms with Crippen molar-refractivity contribution in [1.82, 2.24) is 4.98 Å². The number of carbonyl (C=O) groups excluding carboxylic acids is 1. The fraction of sp³-hybridized carbons (Fsp3) is 0.133. The van der Waals surface area contributed by atoms with Gasteiger partial charge in [0.15, 0.2) is 5.82 Å². The summed E-state index contributed by atoms with van der Waals surface area (Å²) in [6.45, 7) is 2.26. The summed E-state index contributed by atoms with van der Waals surface area (Å²) in [5.74, 6) is 0.295. The van der Waals surface area contributed by atoms with Crippen molar-refractivity contribution >= 4 is 11.7 Å². The fourth-order valence-corrected chi connectivity index (χ4v) is 1.69. The second-order valence-electron chi connectivity index (χ2n) is 3.90. The lowest BCUT2D eigenvalue weighted by Crippen LogP contribution is -2.14. The molecular formula is C15H13N3O2. The van der Waals surface area contributed by atoms with Gasteiger partial charge in [-0.05, 0) is 19.1 Å². The van der Waals surface area contributed by atoms with Gasteiger partial charge >= 0.3 is 0 Å². The molecule has 0 fully saturated rings. The van der Waals surface area contributed by atoms with E-state index in [0.29, 0.717) is 17.9 Å². The SMILES string of the molecule is CCOc1ccnc(NC(=O)c2ccccc2)c1C#N. The van der Waals surface area contributed by atoms with E-state index < -0.39 is 0 Å². The number of hydrogen-bond donors (Lipinski definition) is 1. The first-order valence-corrected chi connectivity index (χ1v) is 6.14. The highest BCUT2D eigenvalue weighted by molar-refractivity contribution is 6.04. The second kappa shape index (κ2) is 6.34. The molecule has 0 unspecified atom stereocenters. The first-order valence-electron chi connectivity index (χ1n) is 6.14. The molecule has 1 amide bonds. The van der Waals surface area contributed by atoms with Gasteiger partial charge in [0.25, 0.3) is 5.91 Å². The van der Waals surface area contributed by atoms with Crippen molar-refractivity contribution in [3.05, 3.63) is 53.7 Å². The van der Waals surface area contributed by atoms with Gasteiger partial charge in [0, 0.05) is 17.8 Å². The Morgan fingerprint density at radius 3 is 2.75 bits per heavy atom. The van der Waals surface area contributed by atoms with Crippen molar-refractivity contribution in [2.45, 2.75) is 6.92 Å². The molecule has 1 aromatic heterocycles. The first kappa shape index (κ1) is 13.6. The van der Waals surface area contributed by atoms with Crippen LogP contribution in [0.2, 0.25) is 0 Å². The zero-order valence-electron chi connectivity index (χ0n) is 11.0. The molecular weight excluding hydrogens is 254 g/mol. The molecule has 2 rings (SSSR count). The summed E-state index contributed by atoms with van der Waals surface area (Å²) < 4.78 is 5.34. The minimum atomic E-state index is -0.316. The number of nitrogens with one attached hydrogen (secondary N) is 1. The minimum Gasteiger partial charge on any atom is -0.492 e. The molecule has 5 nitrogen and oxygen atoms in total. The van der Waals surface area contributed by atoms with Crippen molar-refractivity contribution in [3.8, 4) is 11.8 Å². The molecule has 1 heterocycles. The summed E-state index contributed by atoms with van der Waals surface area (Å²) in [5, 5.41) is 11.8. The average molecular weight is 267 g/mol. The Bertz CT molecular complexity index is 648. The van der Waals surface area contributed by atoms with E-state index in [1.54, 1.807) is 30.3 Å². The van der Waals surface area contributed by atoms with Crippen LogP contribution in [0.3, 0.4) is 0 Å². The standard InChI is InChI=1S/C15H13N3O2/c1-2-20-13-8-9-17-14(12(13)10-16)18-15(19)11-6-4-3-5-7-11/h3-9H,2H2,1H3,(H,17,18,19). The Balaban J connectivity index is 2.28. The fourth-order valence-electron chi connectivity index (χ4n) is 1.69. The maximum atomic E-state index is 12.1. The maximum Gasteiger partial charge on any atom is 0.256 e. The number of aromatic nitrogens is 1. The molecule has 1 N–H and O–H groups in total. The smallest absolute Gasteiger partial charge is 0.256 e. The van der Waals surface area contributed by atoms with Crippen LogP contribution in [0.4, 0.5) is 5.82 Å². The zero-order valence-corrected chi connectivity index (χ0v) is 11.0. The van der Waals surface area contributed by atoms with Crippen molar-refractivity contribution in [3.63, 3.8) is 0 Å². The lowest BCUT2D eigenvalue weighted by Gasteiger charge is -2.10. The molecule has 5 heteroatoms. The van der Waals surface area contributed by atoms with Crippen molar-refractivity contribution in [2.75, 3.05) is 11.9 Å². The predicted octanol–water partition coefficient (Wildman–Crippen LogP) is 2.60. The van der Waals surface area contributed by atoms with Crippen LogP contribution in [0.1, 0.15) is 22.8 Å². The van der Waals surface area contributed by atoms with Crippen LogP contribution in [-0.4, -0.2) is 17.5 Å². The van der Waals surface area contributed by atoms with E-state index in [4.69, 9.17) is 4.74 Å². The molecule has 0 atom stereocenters. The largest absolute Gasteiger partial charge is 0.492 e. The Morgan fingerprint density at radius 2 is 2.10 bits per heavy atom. The Hall–Kier alpha value is -2.87. The van der Waals surface area contributed by atoms with Gasteiger partial charge < -0.3 is 10.1 Å². The van der Waals surface area contributed by atoms with Crippen LogP contribution in [-0.2, 0) is 0 Å². The molecule has 0 aliphatic carbocycles. The van der Waals surface area contributed by atoms with Gasteiger partial charge in [-0.2, -0.15) is 5.26 Å². The van der Waals surface area contributed by atoms with E-state index in [1.165, 1.54) is 6.20 Å². The topological polar surface area (TPSA) is 75.0 Å². The third-order valence-corrected chi connectivity index (χ3v) is 2.59.